The quantitative estimate of drug-likeness (QED) is 0.913. The van der Waals surface area contributed by atoms with Crippen LogP contribution in [0.3, 0.4) is 0 Å². The van der Waals surface area contributed by atoms with Crippen LogP contribution in [0, 0.1) is 0 Å². The summed E-state index contributed by atoms with van der Waals surface area (Å²) in [4.78, 5) is 0. The van der Waals surface area contributed by atoms with Crippen LogP contribution in [0.2, 0.25) is 0 Å². The van der Waals surface area contributed by atoms with Crippen molar-refractivity contribution in [2.45, 2.75) is 13.0 Å². The summed E-state index contributed by atoms with van der Waals surface area (Å²) in [5, 5.41) is 9.78. The molecule has 1 N–H and O–H groups in total. The molecule has 3 nitrogen and oxygen atoms in total. The predicted octanol–water partition coefficient (Wildman–Crippen LogP) is 3.42. The van der Waals surface area contributed by atoms with Crippen molar-refractivity contribution in [2.75, 3.05) is 14.2 Å². The Labute approximate surface area is 113 Å². The van der Waals surface area contributed by atoms with Gasteiger partial charge in [0.2, 0.25) is 0 Å². The van der Waals surface area contributed by atoms with Crippen molar-refractivity contribution < 1.29 is 14.6 Å². The molecule has 0 amide bonds. The minimum atomic E-state index is -0.603. The van der Waals surface area contributed by atoms with E-state index in [-0.39, 0.29) is 0 Å². The van der Waals surface area contributed by atoms with Gasteiger partial charge < -0.3 is 14.6 Å². The Morgan fingerprint density at radius 1 is 0.895 bits per heavy atom. The number of hydrogen-bond donors (Lipinski definition) is 1. The molecule has 2 aromatic rings. The molecule has 0 aliphatic rings. The highest BCUT2D eigenvalue weighted by Gasteiger charge is 2.18. The summed E-state index contributed by atoms with van der Waals surface area (Å²) < 4.78 is 10.9. The second kappa shape index (κ2) is 5.76. The van der Waals surface area contributed by atoms with Crippen LogP contribution in [0.5, 0.6) is 11.5 Å². The van der Waals surface area contributed by atoms with Gasteiger partial charge in [-0.05, 0) is 12.5 Å². The third-order valence-corrected chi connectivity index (χ3v) is 3.09. The van der Waals surface area contributed by atoms with E-state index in [2.05, 4.69) is 0 Å². The number of aliphatic hydroxyl groups excluding tert-OH is 1. The molecule has 0 aliphatic carbocycles. The number of ether oxygens (including phenoxy) is 2. The second-order valence-corrected chi connectivity index (χ2v) is 4.31. The fourth-order valence-corrected chi connectivity index (χ4v) is 2.17. The first kappa shape index (κ1) is 13.4. The molecule has 0 bridgehead atoms. The van der Waals surface area contributed by atoms with Crippen LogP contribution in [0.25, 0.3) is 11.1 Å². The second-order valence-electron chi connectivity index (χ2n) is 4.31. The van der Waals surface area contributed by atoms with Crippen molar-refractivity contribution in [3.05, 3.63) is 48.0 Å². The first-order valence-corrected chi connectivity index (χ1v) is 6.17. The summed E-state index contributed by atoms with van der Waals surface area (Å²) in [6.07, 6.45) is -0.603. The van der Waals surface area contributed by atoms with E-state index in [0.717, 1.165) is 16.7 Å². The van der Waals surface area contributed by atoms with Gasteiger partial charge in [-0.1, -0.05) is 42.5 Å². The highest BCUT2D eigenvalue weighted by molar-refractivity contribution is 5.75. The molecule has 0 aromatic heterocycles. The topological polar surface area (TPSA) is 38.7 Å². The first-order valence-electron chi connectivity index (χ1n) is 6.17. The fraction of sp³-hybridized carbons (Fsp3) is 0.250. The lowest BCUT2D eigenvalue weighted by molar-refractivity contribution is 0.193. The van der Waals surface area contributed by atoms with E-state index in [1.54, 1.807) is 21.1 Å². The van der Waals surface area contributed by atoms with Gasteiger partial charge in [-0.2, -0.15) is 0 Å². The van der Waals surface area contributed by atoms with Crippen LogP contribution >= 0.6 is 0 Å². The van der Waals surface area contributed by atoms with Crippen LogP contribution in [-0.2, 0) is 0 Å². The third-order valence-electron chi connectivity index (χ3n) is 3.09. The predicted molar refractivity (Wildman–Crippen MR) is 75.6 cm³/mol. The fourth-order valence-electron chi connectivity index (χ4n) is 2.17. The summed E-state index contributed by atoms with van der Waals surface area (Å²) in [6.45, 7) is 1.71. The van der Waals surface area contributed by atoms with E-state index in [1.165, 1.54) is 0 Å². The maximum Gasteiger partial charge on any atom is 0.168 e. The third kappa shape index (κ3) is 2.56. The van der Waals surface area contributed by atoms with Crippen LogP contribution in [-0.4, -0.2) is 19.3 Å². The van der Waals surface area contributed by atoms with Crippen LogP contribution in [0.1, 0.15) is 18.6 Å². The van der Waals surface area contributed by atoms with Crippen LogP contribution in [0.15, 0.2) is 42.5 Å². The van der Waals surface area contributed by atoms with Gasteiger partial charge in [-0.25, -0.2) is 0 Å². The lowest BCUT2D eigenvalue weighted by Gasteiger charge is -2.18. The van der Waals surface area contributed by atoms with Gasteiger partial charge >= 0.3 is 0 Å². The average Bonchev–Trinajstić information content (AvgIpc) is 2.46. The van der Waals surface area contributed by atoms with Gasteiger partial charge in [0, 0.05) is 11.1 Å². The monoisotopic (exact) mass is 258 g/mol. The molecule has 19 heavy (non-hydrogen) atoms. The van der Waals surface area contributed by atoms with Crippen molar-refractivity contribution >= 4 is 0 Å². The zero-order valence-electron chi connectivity index (χ0n) is 11.4. The van der Waals surface area contributed by atoms with Gasteiger partial charge in [0.1, 0.15) is 0 Å². The summed E-state index contributed by atoms with van der Waals surface area (Å²) in [5.41, 5.74) is 2.72. The van der Waals surface area contributed by atoms with Crippen molar-refractivity contribution in [2.24, 2.45) is 0 Å². The Hall–Kier alpha value is -2.00. The molecule has 0 fully saturated rings. The van der Waals surface area contributed by atoms with E-state index in [4.69, 9.17) is 9.47 Å². The summed E-state index contributed by atoms with van der Waals surface area (Å²) in [6, 6.07) is 13.8. The zero-order chi connectivity index (χ0) is 13.8. The minimum absolute atomic E-state index is 0.582. The number of hydrogen-bond acceptors (Lipinski definition) is 3. The van der Waals surface area contributed by atoms with E-state index < -0.39 is 6.10 Å². The van der Waals surface area contributed by atoms with E-state index in [9.17, 15) is 5.11 Å². The average molecular weight is 258 g/mol. The maximum absolute atomic E-state index is 9.78. The molecule has 2 aromatic carbocycles. The first-order chi connectivity index (χ1) is 9.19. The largest absolute Gasteiger partial charge is 0.492 e. The molecule has 0 spiro atoms. The smallest absolute Gasteiger partial charge is 0.168 e. The van der Waals surface area contributed by atoms with Crippen molar-refractivity contribution in [1.29, 1.82) is 0 Å². The van der Waals surface area contributed by atoms with Gasteiger partial charge in [-0.15, -0.1) is 0 Å². The molecule has 0 saturated heterocycles. The molecule has 1 atom stereocenters. The molecule has 0 aliphatic heterocycles. The molecule has 0 heterocycles. The molecule has 100 valence electrons. The van der Waals surface area contributed by atoms with E-state index >= 15 is 0 Å². The Morgan fingerprint density at radius 2 is 1.53 bits per heavy atom. The van der Waals surface area contributed by atoms with Crippen molar-refractivity contribution in [1.82, 2.24) is 0 Å². The summed E-state index contributed by atoms with van der Waals surface area (Å²) in [7, 11) is 3.19. The molecule has 1 unspecified atom stereocenters. The molecule has 0 radical (unpaired) electrons. The highest BCUT2D eigenvalue weighted by atomic mass is 16.5. The summed E-state index contributed by atoms with van der Waals surface area (Å²) in [5.74, 6) is 1.23. The molecule has 3 heteroatoms. The van der Waals surface area contributed by atoms with Gasteiger partial charge in [0.15, 0.2) is 11.5 Å². The Kier molecular flexibility index (Phi) is 4.07. The van der Waals surface area contributed by atoms with Gasteiger partial charge in [-0.3, -0.25) is 0 Å². The number of methoxy groups -OCH3 is 2. The van der Waals surface area contributed by atoms with Gasteiger partial charge in [0.25, 0.3) is 0 Å². The minimum Gasteiger partial charge on any atom is -0.492 e. The van der Waals surface area contributed by atoms with Crippen LogP contribution < -0.4 is 9.47 Å². The van der Waals surface area contributed by atoms with E-state index in [0.29, 0.717) is 11.5 Å². The lowest BCUT2D eigenvalue weighted by Crippen LogP contribution is -2.00. The molecule has 2 rings (SSSR count). The van der Waals surface area contributed by atoms with Crippen LogP contribution in [0.4, 0.5) is 0 Å². The van der Waals surface area contributed by atoms with Crippen molar-refractivity contribution in [3.8, 4) is 22.6 Å². The highest BCUT2D eigenvalue weighted by Crippen LogP contribution is 2.42. The standard InChI is InChI=1S/C16H18O3/c1-11(17)13-9-10-14(12-7-5-4-6-8-12)16(19-3)15(13)18-2/h4-11,17H,1-3H3. The Morgan fingerprint density at radius 3 is 2.05 bits per heavy atom. The zero-order valence-corrected chi connectivity index (χ0v) is 11.4. The normalized spacial score (nSPS) is 12.0. The molecular weight excluding hydrogens is 240 g/mol. The Bertz CT molecular complexity index is 547. The van der Waals surface area contributed by atoms with Crippen molar-refractivity contribution in [3.63, 3.8) is 0 Å². The lowest BCUT2D eigenvalue weighted by atomic mass is 9.99. The SMILES string of the molecule is COc1c(-c2ccccc2)ccc(C(C)O)c1OC. The summed E-state index contributed by atoms with van der Waals surface area (Å²) >= 11 is 0. The number of rotatable bonds is 4. The number of aliphatic hydroxyl groups is 1. The van der Waals surface area contributed by atoms with Gasteiger partial charge in [0.05, 0.1) is 20.3 Å². The molecule has 0 saturated carbocycles. The maximum atomic E-state index is 9.78. The number of benzene rings is 2. The molecular formula is C16H18O3. The van der Waals surface area contributed by atoms with E-state index in [1.807, 2.05) is 42.5 Å². The Balaban J connectivity index is 2.64.